The van der Waals surface area contributed by atoms with Gasteiger partial charge in [-0.15, -0.1) is 34.2 Å². The molecule has 8 nitrogen and oxygen atoms in total. The first-order chi connectivity index (χ1) is 13.2. The maximum atomic E-state index is 5.19. The largest absolute Gasteiger partial charge is 0.383 e. The summed E-state index contributed by atoms with van der Waals surface area (Å²) >= 11 is 0. The second-order valence-corrected chi connectivity index (χ2v) is 7.60. The summed E-state index contributed by atoms with van der Waals surface area (Å²) in [5, 5.41) is 11.8. The number of ether oxygens (including phenoxy) is 1. The van der Waals surface area contributed by atoms with Crippen molar-refractivity contribution in [3.63, 3.8) is 0 Å². The fourth-order valence-corrected chi connectivity index (χ4v) is 4.01. The van der Waals surface area contributed by atoms with E-state index < -0.39 is 0 Å². The van der Waals surface area contributed by atoms with Gasteiger partial charge < -0.3 is 19.5 Å². The Kier molecular flexibility index (Phi) is 9.93. The molecular formula is C19H36IN7O. The lowest BCUT2D eigenvalue weighted by molar-refractivity contribution is 0.105. The number of piperazine rings is 1. The highest BCUT2D eigenvalue weighted by atomic mass is 127. The number of nitrogens with zero attached hydrogens (tertiary/aromatic N) is 6. The molecule has 1 aliphatic carbocycles. The molecule has 0 atom stereocenters. The first-order valence-corrected chi connectivity index (χ1v) is 10.3. The van der Waals surface area contributed by atoms with E-state index in [2.05, 4.69) is 25.3 Å². The zero-order valence-electron chi connectivity index (χ0n) is 17.6. The smallest absolute Gasteiger partial charge is 0.194 e. The fourth-order valence-electron chi connectivity index (χ4n) is 4.01. The van der Waals surface area contributed by atoms with E-state index in [1.807, 2.05) is 18.5 Å². The minimum absolute atomic E-state index is 0. The monoisotopic (exact) mass is 505 g/mol. The minimum Gasteiger partial charge on any atom is -0.383 e. The molecule has 2 fully saturated rings. The molecule has 3 rings (SSSR count). The van der Waals surface area contributed by atoms with Crippen LogP contribution in [0.2, 0.25) is 0 Å². The standard InChI is InChI=1S/C19H35N7O.HI/c1-16-22-23-18(24(16)2)15-21-19(20-9-14-27-3)26-12-10-25(11-13-26)17-7-5-4-6-8-17;/h17H,4-15H2,1-3H3,(H,20,21);1H. The third-order valence-electron chi connectivity index (χ3n) is 5.85. The number of aryl methyl sites for hydroxylation is 1. The summed E-state index contributed by atoms with van der Waals surface area (Å²) in [7, 11) is 3.71. The maximum absolute atomic E-state index is 5.19. The van der Waals surface area contributed by atoms with Crippen molar-refractivity contribution in [3.05, 3.63) is 11.6 Å². The van der Waals surface area contributed by atoms with Gasteiger partial charge in [0.15, 0.2) is 11.8 Å². The van der Waals surface area contributed by atoms with Crippen molar-refractivity contribution >= 4 is 29.9 Å². The number of aliphatic imine (C=N–C) groups is 1. The van der Waals surface area contributed by atoms with Crippen molar-refractivity contribution in [1.29, 1.82) is 0 Å². The number of hydrogen-bond acceptors (Lipinski definition) is 5. The van der Waals surface area contributed by atoms with Gasteiger partial charge in [-0.05, 0) is 19.8 Å². The predicted molar refractivity (Wildman–Crippen MR) is 122 cm³/mol. The van der Waals surface area contributed by atoms with Crippen LogP contribution >= 0.6 is 24.0 Å². The molecule has 9 heteroatoms. The van der Waals surface area contributed by atoms with E-state index in [1.54, 1.807) is 7.11 Å². The highest BCUT2D eigenvalue weighted by Gasteiger charge is 2.26. The van der Waals surface area contributed by atoms with Gasteiger partial charge in [0.05, 0.1) is 6.61 Å². The normalized spacial score (nSPS) is 19.5. The molecule has 1 aromatic rings. The molecule has 2 aliphatic rings. The van der Waals surface area contributed by atoms with Crippen molar-refractivity contribution in [1.82, 2.24) is 29.9 Å². The summed E-state index contributed by atoms with van der Waals surface area (Å²) in [6, 6.07) is 0.796. The number of methoxy groups -OCH3 is 1. The van der Waals surface area contributed by atoms with Crippen molar-refractivity contribution in [2.24, 2.45) is 12.0 Å². The molecule has 0 bridgehead atoms. The van der Waals surface area contributed by atoms with Crippen LogP contribution in [-0.2, 0) is 18.3 Å². The second kappa shape index (κ2) is 11.9. The van der Waals surface area contributed by atoms with Gasteiger partial charge in [-0.3, -0.25) is 4.90 Å². The van der Waals surface area contributed by atoms with E-state index in [0.29, 0.717) is 13.2 Å². The molecule has 1 aliphatic heterocycles. The average Bonchev–Trinajstić information content (AvgIpc) is 3.03. The Hall–Kier alpha value is -0.940. The number of rotatable bonds is 6. The van der Waals surface area contributed by atoms with Crippen LogP contribution in [0, 0.1) is 6.92 Å². The topological polar surface area (TPSA) is 70.8 Å². The molecule has 1 aromatic heterocycles. The highest BCUT2D eigenvalue weighted by molar-refractivity contribution is 14.0. The van der Waals surface area contributed by atoms with Gasteiger partial charge in [-0.1, -0.05) is 19.3 Å². The number of guanidine groups is 1. The van der Waals surface area contributed by atoms with Crippen LogP contribution < -0.4 is 5.32 Å². The van der Waals surface area contributed by atoms with Gasteiger partial charge in [-0.25, -0.2) is 4.99 Å². The SMILES string of the molecule is COCCNC(=NCc1nnc(C)n1C)N1CCN(C2CCCCC2)CC1.I. The van der Waals surface area contributed by atoms with E-state index in [1.165, 1.54) is 32.1 Å². The van der Waals surface area contributed by atoms with Gasteiger partial charge in [0, 0.05) is 52.9 Å². The summed E-state index contributed by atoms with van der Waals surface area (Å²) in [4.78, 5) is 9.90. The van der Waals surface area contributed by atoms with Crippen LogP contribution in [0.5, 0.6) is 0 Å². The van der Waals surface area contributed by atoms with Gasteiger partial charge >= 0.3 is 0 Å². The van der Waals surface area contributed by atoms with Gasteiger partial charge in [0.25, 0.3) is 0 Å². The first kappa shape index (κ1) is 23.3. The summed E-state index contributed by atoms with van der Waals surface area (Å²) < 4.78 is 7.19. The van der Waals surface area contributed by atoms with Crippen molar-refractivity contribution < 1.29 is 4.74 Å². The Bertz CT molecular complexity index is 607. The molecule has 0 amide bonds. The fraction of sp³-hybridized carbons (Fsp3) is 0.842. The molecule has 1 saturated heterocycles. The van der Waals surface area contributed by atoms with E-state index in [4.69, 9.17) is 9.73 Å². The Labute approximate surface area is 186 Å². The zero-order chi connectivity index (χ0) is 19.1. The lowest BCUT2D eigenvalue weighted by atomic mass is 9.94. The van der Waals surface area contributed by atoms with Crippen LogP contribution in [0.15, 0.2) is 4.99 Å². The Morgan fingerprint density at radius 3 is 2.46 bits per heavy atom. The molecule has 1 N–H and O–H groups in total. The van der Waals surface area contributed by atoms with Crippen molar-refractivity contribution in [3.8, 4) is 0 Å². The average molecular weight is 505 g/mol. The van der Waals surface area contributed by atoms with Gasteiger partial charge in [0.2, 0.25) is 0 Å². The summed E-state index contributed by atoms with van der Waals surface area (Å²) in [5.74, 6) is 2.76. The quantitative estimate of drug-likeness (QED) is 0.275. The Balaban J connectivity index is 0.00000280. The Morgan fingerprint density at radius 1 is 1.14 bits per heavy atom. The molecule has 0 spiro atoms. The highest BCUT2D eigenvalue weighted by Crippen LogP contribution is 2.23. The van der Waals surface area contributed by atoms with E-state index in [0.717, 1.165) is 56.4 Å². The molecule has 0 unspecified atom stereocenters. The van der Waals surface area contributed by atoms with Crippen LogP contribution in [-0.4, -0.2) is 83.0 Å². The third kappa shape index (κ3) is 6.28. The van der Waals surface area contributed by atoms with Crippen LogP contribution in [0.4, 0.5) is 0 Å². The lowest BCUT2D eigenvalue weighted by Gasteiger charge is -2.41. The van der Waals surface area contributed by atoms with E-state index >= 15 is 0 Å². The van der Waals surface area contributed by atoms with E-state index in [9.17, 15) is 0 Å². The van der Waals surface area contributed by atoms with Crippen LogP contribution in [0.1, 0.15) is 43.8 Å². The molecular weight excluding hydrogens is 469 g/mol. The predicted octanol–water partition coefficient (Wildman–Crippen LogP) is 1.78. The molecule has 160 valence electrons. The lowest BCUT2D eigenvalue weighted by Crippen LogP contribution is -2.55. The number of aromatic nitrogens is 3. The number of halogens is 1. The number of hydrogen-bond donors (Lipinski definition) is 1. The van der Waals surface area contributed by atoms with Crippen LogP contribution in [0.25, 0.3) is 0 Å². The minimum atomic E-state index is 0. The van der Waals surface area contributed by atoms with Gasteiger partial charge in [0.1, 0.15) is 12.4 Å². The summed E-state index contributed by atoms with van der Waals surface area (Å²) in [6.07, 6.45) is 6.95. The van der Waals surface area contributed by atoms with Gasteiger partial charge in [-0.2, -0.15) is 0 Å². The van der Waals surface area contributed by atoms with E-state index in [-0.39, 0.29) is 24.0 Å². The zero-order valence-corrected chi connectivity index (χ0v) is 19.9. The summed E-state index contributed by atoms with van der Waals surface area (Å²) in [5.41, 5.74) is 0. The first-order valence-electron chi connectivity index (χ1n) is 10.3. The van der Waals surface area contributed by atoms with Crippen LogP contribution in [0.3, 0.4) is 0 Å². The van der Waals surface area contributed by atoms with Crippen molar-refractivity contribution in [2.75, 3.05) is 46.4 Å². The van der Waals surface area contributed by atoms with Crippen molar-refractivity contribution in [2.45, 2.75) is 51.6 Å². The molecule has 2 heterocycles. The molecule has 0 radical (unpaired) electrons. The maximum Gasteiger partial charge on any atom is 0.194 e. The summed E-state index contributed by atoms with van der Waals surface area (Å²) in [6.45, 7) is 8.22. The molecule has 1 saturated carbocycles. The number of nitrogens with one attached hydrogen (secondary N) is 1. The third-order valence-corrected chi connectivity index (χ3v) is 5.85. The second-order valence-electron chi connectivity index (χ2n) is 7.60. The Morgan fingerprint density at radius 2 is 1.86 bits per heavy atom. The molecule has 28 heavy (non-hydrogen) atoms. The molecule has 0 aromatic carbocycles.